The third kappa shape index (κ3) is 3.72. The standard InChI is InChI=1S/C22H20O3/c1-15-13-18(9-11-20(15)24-3)19-10-12-21(16(2)14-19)25-22(23)17-7-5-4-6-8-17/h4-14H,1-3H3. The molecule has 0 bridgehead atoms. The molecule has 0 saturated heterocycles. The van der Waals surface area contributed by atoms with Gasteiger partial charge in [-0.25, -0.2) is 4.79 Å². The first-order valence-electron chi connectivity index (χ1n) is 8.11. The molecule has 0 atom stereocenters. The van der Waals surface area contributed by atoms with Gasteiger partial charge in [0.1, 0.15) is 11.5 Å². The zero-order valence-electron chi connectivity index (χ0n) is 14.6. The van der Waals surface area contributed by atoms with Crippen molar-refractivity contribution >= 4 is 5.97 Å². The quantitative estimate of drug-likeness (QED) is 0.487. The second-order valence-corrected chi connectivity index (χ2v) is 5.92. The predicted octanol–water partition coefficient (Wildman–Crippen LogP) is 5.20. The first-order valence-corrected chi connectivity index (χ1v) is 8.11. The molecule has 0 N–H and O–H groups in total. The zero-order valence-corrected chi connectivity index (χ0v) is 14.6. The van der Waals surface area contributed by atoms with Crippen LogP contribution in [0.15, 0.2) is 66.7 Å². The van der Waals surface area contributed by atoms with Crippen molar-refractivity contribution in [3.63, 3.8) is 0 Å². The van der Waals surface area contributed by atoms with E-state index in [1.165, 1.54) is 0 Å². The number of hydrogen-bond donors (Lipinski definition) is 0. The molecule has 3 aromatic rings. The van der Waals surface area contributed by atoms with Crippen molar-refractivity contribution in [3.8, 4) is 22.6 Å². The summed E-state index contributed by atoms with van der Waals surface area (Å²) >= 11 is 0. The summed E-state index contributed by atoms with van der Waals surface area (Å²) in [4.78, 5) is 12.2. The molecule has 0 radical (unpaired) electrons. The summed E-state index contributed by atoms with van der Waals surface area (Å²) < 4.78 is 10.8. The monoisotopic (exact) mass is 332 g/mol. The van der Waals surface area contributed by atoms with Gasteiger partial charge in [0.15, 0.2) is 0 Å². The molecule has 0 spiro atoms. The average molecular weight is 332 g/mol. The van der Waals surface area contributed by atoms with Crippen LogP contribution < -0.4 is 9.47 Å². The van der Waals surface area contributed by atoms with Gasteiger partial charge >= 0.3 is 5.97 Å². The molecule has 3 aromatic carbocycles. The fourth-order valence-electron chi connectivity index (χ4n) is 2.73. The molecule has 3 nitrogen and oxygen atoms in total. The van der Waals surface area contributed by atoms with E-state index in [0.717, 1.165) is 28.0 Å². The summed E-state index contributed by atoms with van der Waals surface area (Å²) in [5.41, 5.74) is 4.70. The first kappa shape index (κ1) is 16.8. The first-order chi connectivity index (χ1) is 12.1. The van der Waals surface area contributed by atoms with Crippen molar-refractivity contribution in [2.75, 3.05) is 7.11 Å². The van der Waals surface area contributed by atoms with E-state index in [2.05, 4.69) is 6.07 Å². The highest BCUT2D eigenvalue weighted by atomic mass is 16.5. The number of ether oxygens (including phenoxy) is 2. The summed E-state index contributed by atoms with van der Waals surface area (Å²) in [6.45, 7) is 3.96. The van der Waals surface area contributed by atoms with E-state index in [0.29, 0.717) is 11.3 Å². The van der Waals surface area contributed by atoms with Crippen LogP contribution >= 0.6 is 0 Å². The minimum absolute atomic E-state index is 0.350. The van der Waals surface area contributed by atoms with E-state index in [4.69, 9.17) is 9.47 Å². The number of aryl methyl sites for hydroxylation is 2. The summed E-state index contributed by atoms with van der Waals surface area (Å²) in [5.74, 6) is 1.09. The van der Waals surface area contributed by atoms with E-state index in [1.807, 2.05) is 62.4 Å². The summed E-state index contributed by atoms with van der Waals surface area (Å²) in [6.07, 6.45) is 0. The highest BCUT2D eigenvalue weighted by Crippen LogP contribution is 2.29. The van der Waals surface area contributed by atoms with Crippen LogP contribution in [0, 0.1) is 13.8 Å². The van der Waals surface area contributed by atoms with Crippen molar-refractivity contribution < 1.29 is 14.3 Å². The number of benzene rings is 3. The van der Waals surface area contributed by atoms with Crippen LogP contribution in [0.3, 0.4) is 0 Å². The Kier molecular flexibility index (Phi) is 4.85. The molecule has 0 fully saturated rings. The Morgan fingerprint density at radius 2 is 1.32 bits per heavy atom. The lowest BCUT2D eigenvalue weighted by atomic mass is 10.0. The maximum atomic E-state index is 12.2. The van der Waals surface area contributed by atoms with Crippen molar-refractivity contribution in [2.24, 2.45) is 0 Å². The van der Waals surface area contributed by atoms with Gasteiger partial charge < -0.3 is 9.47 Å². The zero-order chi connectivity index (χ0) is 17.8. The number of methoxy groups -OCH3 is 1. The van der Waals surface area contributed by atoms with E-state index in [1.54, 1.807) is 19.2 Å². The minimum Gasteiger partial charge on any atom is -0.496 e. The maximum Gasteiger partial charge on any atom is 0.343 e. The average Bonchev–Trinajstić information content (AvgIpc) is 2.64. The summed E-state index contributed by atoms with van der Waals surface area (Å²) in [7, 11) is 1.67. The highest BCUT2D eigenvalue weighted by Gasteiger charge is 2.11. The van der Waals surface area contributed by atoms with Gasteiger partial charge in [-0.2, -0.15) is 0 Å². The van der Waals surface area contributed by atoms with Gasteiger partial charge in [-0.1, -0.05) is 30.3 Å². The molecule has 0 unspecified atom stereocenters. The molecule has 0 aliphatic heterocycles. The Hall–Kier alpha value is -3.07. The van der Waals surface area contributed by atoms with Crippen molar-refractivity contribution in [2.45, 2.75) is 13.8 Å². The Balaban J connectivity index is 1.84. The number of esters is 1. The molecule has 25 heavy (non-hydrogen) atoms. The van der Waals surface area contributed by atoms with Crippen LogP contribution in [-0.2, 0) is 0 Å². The van der Waals surface area contributed by atoms with Gasteiger partial charge in [0.05, 0.1) is 12.7 Å². The number of hydrogen-bond acceptors (Lipinski definition) is 3. The lowest BCUT2D eigenvalue weighted by molar-refractivity contribution is 0.0733. The fraction of sp³-hybridized carbons (Fsp3) is 0.136. The van der Waals surface area contributed by atoms with Crippen LogP contribution in [-0.4, -0.2) is 13.1 Å². The minimum atomic E-state index is -0.350. The van der Waals surface area contributed by atoms with Crippen LogP contribution in [0.4, 0.5) is 0 Å². The van der Waals surface area contributed by atoms with Gasteiger partial charge in [-0.3, -0.25) is 0 Å². The highest BCUT2D eigenvalue weighted by molar-refractivity contribution is 5.91. The number of carbonyl (C=O) groups excluding carboxylic acids is 1. The molecule has 0 aromatic heterocycles. The lowest BCUT2D eigenvalue weighted by Crippen LogP contribution is -2.09. The van der Waals surface area contributed by atoms with Crippen molar-refractivity contribution in [3.05, 3.63) is 83.4 Å². The van der Waals surface area contributed by atoms with Crippen molar-refractivity contribution in [1.29, 1.82) is 0 Å². The number of carbonyl (C=O) groups is 1. The molecule has 3 rings (SSSR count). The normalized spacial score (nSPS) is 10.4. The summed E-state index contributed by atoms with van der Waals surface area (Å²) in [6, 6.07) is 20.9. The van der Waals surface area contributed by atoms with E-state index >= 15 is 0 Å². The third-order valence-corrected chi connectivity index (χ3v) is 4.12. The predicted molar refractivity (Wildman–Crippen MR) is 99.3 cm³/mol. The molecule has 0 saturated carbocycles. The Labute approximate surface area is 147 Å². The molecular formula is C22H20O3. The van der Waals surface area contributed by atoms with Crippen molar-refractivity contribution in [1.82, 2.24) is 0 Å². The SMILES string of the molecule is COc1ccc(-c2ccc(OC(=O)c3ccccc3)c(C)c2)cc1C. The van der Waals surface area contributed by atoms with Crippen LogP contribution in [0.25, 0.3) is 11.1 Å². The molecule has 0 aliphatic carbocycles. The third-order valence-electron chi connectivity index (χ3n) is 4.12. The maximum absolute atomic E-state index is 12.2. The molecule has 0 amide bonds. The molecule has 3 heteroatoms. The molecule has 0 heterocycles. The Morgan fingerprint density at radius 3 is 1.84 bits per heavy atom. The smallest absolute Gasteiger partial charge is 0.343 e. The van der Waals surface area contributed by atoms with E-state index in [-0.39, 0.29) is 5.97 Å². The molecular weight excluding hydrogens is 312 g/mol. The number of rotatable bonds is 4. The van der Waals surface area contributed by atoms with Gasteiger partial charge in [-0.05, 0) is 72.5 Å². The fourth-order valence-corrected chi connectivity index (χ4v) is 2.73. The van der Waals surface area contributed by atoms with E-state index < -0.39 is 0 Å². The Bertz CT molecular complexity index is 898. The second kappa shape index (κ2) is 7.22. The largest absolute Gasteiger partial charge is 0.496 e. The molecule has 0 aliphatic rings. The van der Waals surface area contributed by atoms with E-state index in [9.17, 15) is 4.79 Å². The van der Waals surface area contributed by atoms with Crippen LogP contribution in [0.5, 0.6) is 11.5 Å². The van der Waals surface area contributed by atoms with Crippen LogP contribution in [0.1, 0.15) is 21.5 Å². The Morgan fingerprint density at radius 1 is 0.760 bits per heavy atom. The lowest BCUT2D eigenvalue weighted by Gasteiger charge is -2.11. The van der Waals surface area contributed by atoms with Gasteiger partial charge in [-0.15, -0.1) is 0 Å². The van der Waals surface area contributed by atoms with Gasteiger partial charge in [0.2, 0.25) is 0 Å². The topological polar surface area (TPSA) is 35.5 Å². The second-order valence-electron chi connectivity index (χ2n) is 5.92. The van der Waals surface area contributed by atoms with Gasteiger partial charge in [0, 0.05) is 0 Å². The van der Waals surface area contributed by atoms with Crippen LogP contribution in [0.2, 0.25) is 0 Å². The summed E-state index contributed by atoms with van der Waals surface area (Å²) in [5, 5.41) is 0. The molecule has 126 valence electrons. The van der Waals surface area contributed by atoms with Gasteiger partial charge in [0.25, 0.3) is 0 Å².